The van der Waals surface area contributed by atoms with Gasteiger partial charge in [-0.3, -0.25) is 4.79 Å². The highest BCUT2D eigenvalue weighted by Gasteiger charge is 2.29. The smallest absolute Gasteiger partial charge is 0.264 e. The molecule has 10 heteroatoms. The largest absolute Gasteiger partial charge is 0.550 e. The summed E-state index contributed by atoms with van der Waals surface area (Å²) in [5.41, 5.74) is 0.968. The summed E-state index contributed by atoms with van der Waals surface area (Å²) < 4.78 is 27.2. The van der Waals surface area contributed by atoms with Crippen molar-refractivity contribution in [3.05, 3.63) is 54.4 Å². The molecule has 29 heavy (non-hydrogen) atoms. The molecule has 0 spiro atoms. The molecular weight excluding hydrogens is 396 g/mol. The number of sulfonamides is 1. The topological polar surface area (TPSA) is 141 Å². The van der Waals surface area contributed by atoms with E-state index >= 15 is 0 Å². The first kappa shape index (κ1) is 20.5. The number of anilines is 2. The summed E-state index contributed by atoms with van der Waals surface area (Å²) in [4.78, 5) is 31.5. The van der Waals surface area contributed by atoms with Crippen LogP contribution < -0.4 is 15.1 Å². The lowest BCUT2D eigenvalue weighted by Crippen LogP contribution is -2.41. The average molecular weight is 415 g/mol. The summed E-state index contributed by atoms with van der Waals surface area (Å²) in [6.07, 6.45) is 5.47. The highest BCUT2D eigenvalue weighted by atomic mass is 32.2. The summed E-state index contributed by atoms with van der Waals surface area (Å²) in [6.45, 7) is 1.71. The van der Waals surface area contributed by atoms with Gasteiger partial charge >= 0.3 is 0 Å². The standard InChI is InChI=1S/C19H20N4O5S/c1-12-10-11-20-19(21-12)23-29(27,28)14-8-6-13(7-9-14)22-17(24)15-4-2-3-5-16(15)18(25)26/h2-3,6-11,15-16H,4-5H2,1H3,(H,22,24)(H,25,26)(H,20,21,23)/p-1/t15-,16+/m1/s1. The number of carboxylic acid groups (broad SMARTS) is 1. The van der Waals surface area contributed by atoms with Crippen LogP contribution in [-0.2, 0) is 19.6 Å². The van der Waals surface area contributed by atoms with Gasteiger partial charge in [0.1, 0.15) is 0 Å². The summed E-state index contributed by atoms with van der Waals surface area (Å²) in [5.74, 6) is -3.39. The highest BCUT2D eigenvalue weighted by molar-refractivity contribution is 7.92. The van der Waals surface area contributed by atoms with Gasteiger partial charge in [0.05, 0.1) is 10.8 Å². The number of carboxylic acids is 1. The van der Waals surface area contributed by atoms with Gasteiger partial charge in [-0.05, 0) is 50.1 Å². The molecule has 1 heterocycles. The second-order valence-electron chi connectivity index (χ2n) is 6.62. The zero-order valence-electron chi connectivity index (χ0n) is 15.5. The minimum Gasteiger partial charge on any atom is -0.550 e. The molecule has 2 atom stereocenters. The minimum atomic E-state index is -3.90. The average Bonchev–Trinajstić information content (AvgIpc) is 2.68. The lowest BCUT2D eigenvalue weighted by atomic mass is 9.82. The molecule has 0 unspecified atom stereocenters. The highest BCUT2D eigenvalue weighted by Crippen LogP contribution is 2.27. The van der Waals surface area contributed by atoms with E-state index in [0.717, 1.165) is 0 Å². The number of aliphatic carboxylic acids is 1. The van der Waals surface area contributed by atoms with Crippen LogP contribution in [0.1, 0.15) is 18.5 Å². The number of carbonyl (C=O) groups excluding carboxylic acids is 2. The van der Waals surface area contributed by atoms with Crippen LogP contribution >= 0.6 is 0 Å². The lowest BCUT2D eigenvalue weighted by molar-refractivity contribution is -0.313. The van der Waals surface area contributed by atoms with Crippen LogP contribution in [-0.4, -0.2) is 30.3 Å². The molecule has 1 aromatic heterocycles. The maximum atomic E-state index is 12.5. The van der Waals surface area contributed by atoms with Crippen molar-refractivity contribution < 1.29 is 23.1 Å². The summed E-state index contributed by atoms with van der Waals surface area (Å²) in [6, 6.07) is 7.14. The van der Waals surface area contributed by atoms with Gasteiger partial charge in [-0.2, -0.15) is 0 Å². The third-order valence-corrected chi connectivity index (χ3v) is 5.87. The molecular formula is C19H19N4O5S-. The Morgan fingerprint density at radius 1 is 1.07 bits per heavy atom. The molecule has 1 aliphatic rings. The number of amides is 1. The fraction of sp³-hybridized carbons (Fsp3) is 0.263. The Hall–Kier alpha value is -3.27. The van der Waals surface area contributed by atoms with Crippen molar-refractivity contribution in [3.8, 4) is 0 Å². The Balaban J connectivity index is 1.70. The third-order valence-electron chi connectivity index (χ3n) is 4.52. The first-order chi connectivity index (χ1) is 13.8. The molecule has 1 amide bonds. The third kappa shape index (κ3) is 4.96. The van der Waals surface area contributed by atoms with Crippen LogP contribution in [0.5, 0.6) is 0 Å². The zero-order chi connectivity index (χ0) is 21.0. The molecule has 2 aromatic rings. The minimum absolute atomic E-state index is 0.0335. The van der Waals surface area contributed by atoms with Crippen molar-refractivity contribution in [3.63, 3.8) is 0 Å². The number of benzene rings is 1. The number of nitrogens with one attached hydrogen (secondary N) is 2. The van der Waals surface area contributed by atoms with Gasteiger partial charge in [-0.25, -0.2) is 23.1 Å². The fourth-order valence-electron chi connectivity index (χ4n) is 2.99. The summed E-state index contributed by atoms with van der Waals surface area (Å²) >= 11 is 0. The quantitative estimate of drug-likeness (QED) is 0.666. The first-order valence-corrected chi connectivity index (χ1v) is 10.3. The SMILES string of the molecule is Cc1ccnc(NS(=O)(=O)c2ccc(NC(=O)[C@@H]3CC=CC[C@@H]3C(=O)[O-])cc2)n1. The first-order valence-electron chi connectivity index (χ1n) is 8.85. The van der Waals surface area contributed by atoms with E-state index in [4.69, 9.17) is 0 Å². The molecule has 1 aliphatic carbocycles. The zero-order valence-corrected chi connectivity index (χ0v) is 16.3. The van der Waals surface area contributed by atoms with Crippen LogP contribution in [0.4, 0.5) is 11.6 Å². The molecule has 2 N–H and O–H groups in total. The van der Waals surface area contributed by atoms with Crippen molar-refractivity contribution in [1.29, 1.82) is 0 Å². The fourth-order valence-corrected chi connectivity index (χ4v) is 3.94. The van der Waals surface area contributed by atoms with Gasteiger partial charge < -0.3 is 15.2 Å². The predicted molar refractivity (Wildman–Crippen MR) is 103 cm³/mol. The van der Waals surface area contributed by atoms with Gasteiger partial charge in [0, 0.05) is 29.5 Å². The Labute approximate surface area is 167 Å². The Bertz CT molecular complexity index is 1050. The maximum absolute atomic E-state index is 12.5. The molecule has 9 nitrogen and oxygen atoms in total. The van der Waals surface area contributed by atoms with Gasteiger partial charge in [0.2, 0.25) is 11.9 Å². The van der Waals surface area contributed by atoms with Crippen LogP contribution in [0.15, 0.2) is 53.6 Å². The van der Waals surface area contributed by atoms with Crippen molar-refractivity contribution in [2.24, 2.45) is 11.8 Å². The number of aryl methyl sites for hydroxylation is 1. The summed E-state index contributed by atoms with van der Waals surface area (Å²) in [7, 11) is -3.90. The molecule has 0 radical (unpaired) electrons. The number of allylic oxidation sites excluding steroid dienone is 2. The van der Waals surface area contributed by atoms with E-state index in [-0.39, 0.29) is 17.3 Å². The molecule has 0 saturated carbocycles. The lowest BCUT2D eigenvalue weighted by Gasteiger charge is -2.28. The Morgan fingerprint density at radius 3 is 2.34 bits per heavy atom. The second-order valence-corrected chi connectivity index (χ2v) is 8.30. The van der Waals surface area contributed by atoms with E-state index in [1.807, 2.05) is 0 Å². The van der Waals surface area contributed by atoms with Crippen LogP contribution in [0.3, 0.4) is 0 Å². The van der Waals surface area contributed by atoms with Crippen molar-refractivity contribution in [1.82, 2.24) is 9.97 Å². The van der Waals surface area contributed by atoms with E-state index in [2.05, 4.69) is 20.0 Å². The van der Waals surface area contributed by atoms with Crippen molar-refractivity contribution >= 4 is 33.5 Å². The molecule has 0 bridgehead atoms. The molecule has 0 aliphatic heterocycles. The van der Waals surface area contributed by atoms with Crippen LogP contribution in [0.2, 0.25) is 0 Å². The van der Waals surface area contributed by atoms with Gasteiger partial charge in [-0.1, -0.05) is 12.2 Å². The Kier molecular flexibility index (Phi) is 5.92. The Morgan fingerprint density at radius 2 is 1.72 bits per heavy atom. The number of hydrogen-bond donors (Lipinski definition) is 2. The van der Waals surface area contributed by atoms with E-state index in [9.17, 15) is 23.1 Å². The molecule has 1 aromatic carbocycles. The monoisotopic (exact) mass is 415 g/mol. The molecule has 0 saturated heterocycles. The van der Waals surface area contributed by atoms with Crippen molar-refractivity contribution in [2.45, 2.75) is 24.7 Å². The van der Waals surface area contributed by atoms with Gasteiger partial charge in [0.15, 0.2) is 0 Å². The van der Waals surface area contributed by atoms with E-state index < -0.39 is 33.7 Å². The molecule has 152 valence electrons. The normalized spacial score (nSPS) is 18.8. The second kappa shape index (κ2) is 8.39. The number of hydrogen-bond acceptors (Lipinski definition) is 7. The van der Waals surface area contributed by atoms with Gasteiger partial charge in [0.25, 0.3) is 10.0 Å². The molecule has 3 rings (SSSR count). The predicted octanol–water partition coefficient (Wildman–Crippen LogP) is 0.857. The van der Waals surface area contributed by atoms with Crippen LogP contribution in [0, 0.1) is 18.8 Å². The van der Waals surface area contributed by atoms with E-state index in [1.165, 1.54) is 30.5 Å². The van der Waals surface area contributed by atoms with Gasteiger partial charge in [-0.15, -0.1) is 0 Å². The van der Waals surface area contributed by atoms with E-state index in [0.29, 0.717) is 17.8 Å². The maximum Gasteiger partial charge on any atom is 0.264 e. The van der Waals surface area contributed by atoms with Crippen LogP contribution in [0.25, 0.3) is 0 Å². The number of aromatic nitrogens is 2. The van der Waals surface area contributed by atoms with Crippen molar-refractivity contribution in [2.75, 3.05) is 10.0 Å². The number of rotatable bonds is 6. The molecule has 0 fully saturated rings. The number of nitrogens with zero attached hydrogens (tertiary/aromatic N) is 2. The summed E-state index contributed by atoms with van der Waals surface area (Å²) in [5, 5.41) is 13.9. The van der Waals surface area contributed by atoms with E-state index in [1.54, 1.807) is 25.1 Å². The number of carbonyl (C=O) groups is 2.